The van der Waals surface area contributed by atoms with E-state index in [1.165, 1.54) is 4.90 Å². The normalized spacial score (nSPS) is 11.2. The number of aryl methyl sites for hydroxylation is 1. The van der Waals surface area contributed by atoms with E-state index in [9.17, 15) is 4.79 Å². The van der Waals surface area contributed by atoms with Crippen LogP contribution < -0.4 is 0 Å². The van der Waals surface area contributed by atoms with Crippen LogP contribution in [-0.4, -0.2) is 36.1 Å². The molecule has 0 unspecified atom stereocenters. The fraction of sp³-hybridized carbons (Fsp3) is 0.235. The van der Waals surface area contributed by atoms with Crippen LogP contribution in [0.15, 0.2) is 40.8 Å². The Labute approximate surface area is 122 Å². The Balaban J connectivity index is 2.19. The van der Waals surface area contributed by atoms with E-state index in [4.69, 9.17) is 9.52 Å². The Bertz CT molecular complexity index is 819. The lowest BCUT2D eigenvalue weighted by Gasteiger charge is -2.13. The highest BCUT2D eigenvalue weighted by molar-refractivity contribution is 6.08. The molecule has 0 bridgehead atoms. The summed E-state index contributed by atoms with van der Waals surface area (Å²) in [5.41, 5.74) is 1.58. The minimum absolute atomic E-state index is 0.0650. The zero-order valence-electron chi connectivity index (χ0n) is 12.1. The molecule has 0 aliphatic heterocycles. The molecule has 0 saturated heterocycles. The number of hydrogen-bond acceptors (Lipinski definition) is 3. The highest BCUT2D eigenvalue weighted by atomic mass is 16.3. The van der Waals surface area contributed by atoms with Crippen molar-refractivity contribution in [3.63, 3.8) is 0 Å². The number of hydrogen-bond donors (Lipinski definition) is 1. The average Bonchev–Trinajstić information content (AvgIpc) is 2.84. The highest BCUT2D eigenvalue weighted by Gasteiger charge is 2.21. The van der Waals surface area contributed by atoms with Crippen LogP contribution in [0.1, 0.15) is 16.1 Å². The van der Waals surface area contributed by atoms with Gasteiger partial charge in [0.1, 0.15) is 5.58 Å². The second-order valence-corrected chi connectivity index (χ2v) is 5.17. The number of likely N-dealkylation sites (N-methyl/N-ethyl adjacent to an activating group) is 1. The Morgan fingerprint density at radius 2 is 1.95 bits per heavy atom. The van der Waals surface area contributed by atoms with Crippen LogP contribution in [0, 0.1) is 6.92 Å². The van der Waals surface area contributed by atoms with E-state index in [-0.39, 0.29) is 19.1 Å². The van der Waals surface area contributed by atoms with Gasteiger partial charge in [-0.15, -0.1) is 0 Å². The fourth-order valence-electron chi connectivity index (χ4n) is 2.58. The van der Waals surface area contributed by atoms with Gasteiger partial charge in [-0.25, -0.2) is 0 Å². The molecule has 4 heteroatoms. The Kier molecular flexibility index (Phi) is 3.39. The molecule has 0 fully saturated rings. The number of amides is 1. The van der Waals surface area contributed by atoms with E-state index in [1.54, 1.807) is 7.05 Å². The van der Waals surface area contributed by atoms with Crippen molar-refractivity contribution in [2.45, 2.75) is 6.92 Å². The van der Waals surface area contributed by atoms with Crippen molar-refractivity contribution in [1.82, 2.24) is 4.90 Å². The van der Waals surface area contributed by atoms with Gasteiger partial charge in [-0.1, -0.05) is 36.4 Å². The first-order valence-corrected chi connectivity index (χ1v) is 6.90. The zero-order valence-corrected chi connectivity index (χ0v) is 12.1. The first-order valence-electron chi connectivity index (χ1n) is 6.90. The quantitative estimate of drug-likeness (QED) is 0.804. The molecule has 21 heavy (non-hydrogen) atoms. The fourth-order valence-corrected chi connectivity index (χ4v) is 2.58. The van der Waals surface area contributed by atoms with E-state index >= 15 is 0 Å². The average molecular weight is 283 g/mol. The molecule has 1 aromatic heterocycles. The molecular formula is C17H17NO3. The van der Waals surface area contributed by atoms with Gasteiger partial charge in [0, 0.05) is 29.9 Å². The molecule has 3 aromatic rings. The van der Waals surface area contributed by atoms with Crippen molar-refractivity contribution in [2.75, 3.05) is 20.2 Å². The maximum atomic E-state index is 12.4. The lowest BCUT2D eigenvalue weighted by atomic mass is 10.1. The molecule has 1 amide bonds. The van der Waals surface area contributed by atoms with Gasteiger partial charge in [0.05, 0.1) is 6.61 Å². The Morgan fingerprint density at radius 3 is 2.71 bits per heavy atom. The first-order chi connectivity index (χ1) is 10.1. The van der Waals surface area contributed by atoms with E-state index in [2.05, 4.69) is 0 Å². The molecular weight excluding hydrogens is 266 g/mol. The predicted molar refractivity (Wildman–Crippen MR) is 82.5 cm³/mol. The van der Waals surface area contributed by atoms with E-state index in [1.807, 2.05) is 43.3 Å². The second-order valence-electron chi connectivity index (χ2n) is 5.17. The van der Waals surface area contributed by atoms with E-state index < -0.39 is 0 Å². The zero-order chi connectivity index (χ0) is 15.0. The standard InChI is InChI=1S/C17H17NO3/c1-11-13-8-7-12-5-3-4-6-14(12)16(13)21-15(11)17(20)18(2)9-10-19/h3-8,19H,9-10H2,1-2H3. The van der Waals surface area contributed by atoms with Crippen molar-refractivity contribution >= 4 is 27.6 Å². The van der Waals surface area contributed by atoms with E-state index in [0.717, 1.165) is 27.3 Å². The van der Waals surface area contributed by atoms with Gasteiger partial charge in [0.25, 0.3) is 5.91 Å². The number of carbonyl (C=O) groups is 1. The summed E-state index contributed by atoms with van der Waals surface area (Å²) in [6, 6.07) is 12.0. The maximum absolute atomic E-state index is 12.4. The van der Waals surface area contributed by atoms with Crippen LogP contribution in [-0.2, 0) is 0 Å². The van der Waals surface area contributed by atoms with Gasteiger partial charge in [-0.2, -0.15) is 0 Å². The molecule has 0 atom stereocenters. The molecule has 3 rings (SSSR count). The summed E-state index contributed by atoms with van der Waals surface area (Å²) in [6.45, 7) is 2.11. The summed E-state index contributed by atoms with van der Waals surface area (Å²) >= 11 is 0. The Hall–Kier alpha value is -2.33. The summed E-state index contributed by atoms with van der Waals surface area (Å²) in [4.78, 5) is 13.8. The van der Waals surface area contributed by atoms with Crippen LogP contribution in [0.5, 0.6) is 0 Å². The Morgan fingerprint density at radius 1 is 1.19 bits per heavy atom. The summed E-state index contributed by atoms with van der Waals surface area (Å²) in [6.07, 6.45) is 0. The molecule has 0 spiro atoms. The van der Waals surface area contributed by atoms with Gasteiger partial charge in [-0.3, -0.25) is 4.79 Å². The molecule has 0 radical (unpaired) electrons. The number of benzene rings is 2. The van der Waals surface area contributed by atoms with Gasteiger partial charge in [0.15, 0.2) is 5.76 Å². The predicted octanol–water partition coefficient (Wildman–Crippen LogP) is 2.96. The lowest BCUT2D eigenvalue weighted by Crippen LogP contribution is -2.29. The third kappa shape index (κ3) is 2.17. The largest absolute Gasteiger partial charge is 0.450 e. The van der Waals surface area contributed by atoms with Crippen LogP contribution in [0.3, 0.4) is 0 Å². The SMILES string of the molecule is Cc1c(C(=O)N(C)CCO)oc2c1ccc1ccccc12. The number of nitrogens with zero attached hydrogens (tertiary/aromatic N) is 1. The van der Waals surface area contributed by atoms with Crippen molar-refractivity contribution in [3.05, 3.63) is 47.7 Å². The summed E-state index contributed by atoms with van der Waals surface area (Å²) < 4.78 is 5.87. The topological polar surface area (TPSA) is 53.7 Å². The van der Waals surface area contributed by atoms with Gasteiger partial charge >= 0.3 is 0 Å². The summed E-state index contributed by atoms with van der Waals surface area (Å²) in [7, 11) is 1.66. The number of rotatable bonds is 3. The minimum Gasteiger partial charge on any atom is -0.450 e. The molecule has 4 nitrogen and oxygen atoms in total. The van der Waals surface area contributed by atoms with Crippen LogP contribution in [0.4, 0.5) is 0 Å². The number of aliphatic hydroxyl groups excluding tert-OH is 1. The number of carbonyl (C=O) groups excluding carboxylic acids is 1. The smallest absolute Gasteiger partial charge is 0.289 e. The van der Waals surface area contributed by atoms with Crippen molar-refractivity contribution < 1.29 is 14.3 Å². The number of fused-ring (bicyclic) bond motifs is 3. The molecule has 2 aromatic carbocycles. The molecule has 0 aliphatic carbocycles. The molecule has 1 N–H and O–H groups in total. The molecule has 108 valence electrons. The second kappa shape index (κ2) is 5.22. The lowest BCUT2D eigenvalue weighted by molar-refractivity contribution is 0.0737. The van der Waals surface area contributed by atoms with Crippen LogP contribution in [0.25, 0.3) is 21.7 Å². The maximum Gasteiger partial charge on any atom is 0.289 e. The van der Waals surface area contributed by atoms with Crippen molar-refractivity contribution in [2.24, 2.45) is 0 Å². The van der Waals surface area contributed by atoms with Gasteiger partial charge in [-0.05, 0) is 12.3 Å². The molecule has 1 heterocycles. The summed E-state index contributed by atoms with van der Waals surface area (Å²) in [5.74, 6) is 0.138. The van der Waals surface area contributed by atoms with Crippen LogP contribution in [0.2, 0.25) is 0 Å². The van der Waals surface area contributed by atoms with Gasteiger partial charge in [0.2, 0.25) is 0 Å². The summed E-state index contributed by atoms with van der Waals surface area (Å²) in [5, 5.41) is 12.0. The molecule has 0 saturated carbocycles. The number of furan rings is 1. The minimum atomic E-state index is -0.207. The molecule has 0 aliphatic rings. The first kappa shape index (κ1) is 13.6. The van der Waals surface area contributed by atoms with Gasteiger partial charge < -0.3 is 14.4 Å². The van der Waals surface area contributed by atoms with Crippen LogP contribution >= 0.6 is 0 Å². The monoisotopic (exact) mass is 283 g/mol. The number of aliphatic hydroxyl groups is 1. The third-order valence-corrected chi connectivity index (χ3v) is 3.80. The third-order valence-electron chi connectivity index (χ3n) is 3.80. The van der Waals surface area contributed by atoms with Crippen molar-refractivity contribution in [1.29, 1.82) is 0 Å². The van der Waals surface area contributed by atoms with E-state index in [0.29, 0.717) is 5.76 Å². The highest BCUT2D eigenvalue weighted by Crippen LogP contribution is 2.32. The van der Waals surface area contributed by atoms with Crippen molar-refractivity contribution in [3.8, 4) is 0 Å².